The molecule has 3 rings (SSSR count). The summed E-state index contributed by atoms with van der Waals surface area (Å²) >= 11 is 5.97. The number of alkyl halides is 3. The van der Waals surface area contributed by atoms with Crippen molar-refractivity contribution < 1.29 is 27.1 Å². The molecule has 0 radical (unpaired) electrons. The molecule has 1 N–H and O–H groups in total. The number of carbonyl (C=O) groups excluding carboxylic acids is 1. The minimum Gasteiger partial charge on any atom is -0.462 e. The van der Waals surface area contributed by atoms with Gasteiger partial charge in [-0.1, -0.05) is 23.7 Å². The standard InChI is InChI=1S/C25H24ClF4N3O2/c1-15(21(17-11-20(27)14-31-12-17)10-16-4-7-19(26)8-5-16)33-23(34)24(2,3)35-22-9-6-18(13-32-22)25(28,29)30/h4-9,11-15,21H,10H2,1-3H3,(H,33,34). The highest BCUT2D eigenvalue weighted by atomic mass is 35.5. The van der Waals surface area contributed by atoms with Crippen LogP contribution < -0.4 is 10.1 Å². The van der Waals surface area contributed by atoms with E-state index in [-0.39, 0.29) is 11.8 Å². The van der Waals surface area contributed by atoms with Crippen molar-refractivity contribution in [2.45, 2.75) is 50.9 Å². The van der Waals surface area contributed by atoms with Crippen LogP contribution in [0.3, 0.4) is 0 Å². The number of pyridine rings is 2. The Balaban J connectivity index is 1.76. The molecule has 1 aromatic carbocycles. The first-order valence-electron chi connectivity index (χ1n) is 10.7. The smallest absolute Gasteiger partial charge is 0.417 e. The number of halogens is 5. The molecule has 2 aromatic heterocycles. The van der Waals surface area contributed by atoms with Crippen molar-refractivity contribution in [3.8, 4) is 5.88 Å². The Bertz CT molecular complexity index is 1150. The molecule has 0 aliphatic carbocycles. The highest BCUT2D eigenvalue weighted by Gasteiger charge is 2.34. The van der Waals surface area contributed by atoms with Crippen molar-refractivity contribution in [1.29, 1.82) is 0 Å². The van der Waals surface area contributed by atoms with E-state index >= 15 is 0 Å². The number of hydrogen-bond acceptors (Lipinski definition) is 4. The second kappa shape index (κ2) is 10.6. The van der Waals surface area contributed by atoms with Gasteiger partial charge in [0, 0.05) is 35.4 Å². The van der Waals surface area contributed by atoms with Crippen molar-refractivity contribution in [2.24, 2.45) is 0 Å². The lowest BCUT2D eigenvalue weighted by Gasteiger charge is -2.30. The zero-order chi connectivity index (χ0) is 25.8. The van der Waals surface area contributed by atoms with Gasteiger partial charge in [0.25, 0.3) is 5.91 Å². The number of nitrogens with zero attached hydrogens (tertiary/aromatic N) is 2. The Morgan fingerprint density at radius 1 is 1.09 bits per heavy atom. The largest absolute Gasteiger partial charge is 0.462 e. The quantitative estimate of drug-likeness (QED) is 0.380. The predicted molar refractivity (Wildman–Crippen MR) is 124 cm³/mol. The fourth-order valence-corrected chi connectivity index (χ4v) is 3.61. The van der Waals surface area contributed by atoms with Gasteiger partial charge in [0.05, 0.1) is 11.8 Å². The van der Waals surface area contributed by atoms with Crippen LogP contribution in [0.2, 0.25) is 5.02 Å². The first kappa shape index (κ1) is 26.4. The predicted octanol–water partition coefficient (Wildman–Crippen LogP) is 5.98. The maximum absolute atomic E-state index is 13.9. The number of ether oxygens (including phenoxy) is 1. The van der Waals surface area contributed by atoms with Crippen LogP contribution in [0.1, 0.15) is 43.4 Å². The van der Waals surface area contributed by atoms with Crippen LogP contribution >= 0.6 is 11.6 Å². The Kier molecular flexibility index (Phi) is 8.00. The lowest BCUT2D eigenvalue weighted by molar-refractivity contribution is -0.138. The van der Waals surface area contributed by atoms with Gasteiger partial charge in [-0.25, -0.2) is 9.37 Å². The molecular weight excluding hydrogens is 486 g/mol. The molecule has 0 spiro atoms. The molecule has 10 heteroatoms. The Hall–Kier alpha value is -3.20. The number of amides is 1. The minimum absolute atomic E-state index is 0.127. The molecule has 0 saturated heterocycles. The van der Waals surface area contributed by atoms with Crippen LogP contribution in [-0.4, -0.2) is 27.5 Å². The molecule has 0 bridgehead atoms. The molecule has 35 heavy (non-hydrogen) atoms. The molecule has 3 aromatic rings. The van der Waals surface area contributed by atoms with Gasteiger partial charge in [-0.05, 0) is 62.6 Å². The first-order chi connectivity index (χ1) is 16.3. The van der Waals surface area contributed by atoms with Crippen molar-refractivity contribution in [2.75, 3.05) is 0 Å². The van der Waals surface area contributed by atoms with Crippen LogP contribution in [-0.2, 0) is 17.4 Å². The molecule has 2 atom stereocenters. The van der Waals surface area contributed by atoms with Gasteiger partial charge in [0.1, 0.15) is 5.82 Å². The van der Waals surface area contributed by atoms with E-state index in [1.54, 1.807) is 25.3 Å². The zero-order valence-corrected chi connectivity index (χ0v) is 20.0. The van der Waals surface area contributed by atoms with Crippen LogP contribution in [0, 0.1) is 5.82 Å². The highest BCUT2D eigenvalue weighted by Crippen LogP contribution is 2.30. The van der Waals surface area contributed by atoms with Crippen LogP contribution in [0.4, 0.5) is 17.6 Å². The number of carbonyl (C=O) groups is 1. The van der Waals surface area contributed by atoms with Gasteiger partial charge in [0.15, 0.2) is 5.60 Å². The summed E-state index contributed by atoms with van der Waals surface area (Å²) in [6.45, 7) is 4.73. The summed E-state index contributed by atoms with van der Waals surface area (Å²) in [6, 6.07) is 9.96. The van der Waals surface area contributed by atoms with Crippen molar-refractivity contribution in [3.05, 3.63) is 88.6 Å². The lowest BCUT2D eigenvalue weighted by Crippen LogP contribution is -2.51. The first-order valence-corrected chi connectivity index (χ1v) is 11.1. The molecule has 2 unspecified atom stereocenters. The molecule has 0 fully saturated rings. The third-order valence-electron chi connectivity index (χ3n) is 5.46. The molecule has 186 valence electrons. The maximum atomic E-state index is 13.9. The number of rotatable bonds is 8. The van der Waals surface area contributed by atoms with Gasteiger partial charge in [-0.15, -0.1) is 0 Å². The van der Waals surface area contributed by atoms with Crippen molar-refractivity contribution >= 4 is 17.5 Å². The number of aromatic nitrogens is 2. The summed E-state index contributed by atoms with van der Waals surface area (Å²) in [7, 11) is 0. The molecule has 5 nitrogen and oxygen atoms in total. The Labute approximate surface area is 205 Å². The van der Waals surface area contributed by atoms with Crippen molar-refractivity contribution in [3.63, 3.8) is 0 Å². The van der Waals surface area contributed by atoms with E-state index in [4.69, 9.17) is 16.3 Å². The van der Waals surface area contributed by atoms with E-state index in [1.165, 1.54) is 19.9 Å². The van der Waals surface area contributed by atoms with E-state index in [1.807, 2.05) is 12.1 Å². The van der Waals surface area contributed by atoms with E-state index in [2.05, 4.69) is 15.3 Å². The molecule has 0 aliphatic heterocycles. The molecular formula is C25H24ClF4N3O2. The fourth-order valence-electron chi connectivity index (χ4n) is 3.49. The fraction of sp³-hybridized carbons (Fsp3) is 0.320. The second-order valence-corrected chi connectivity index (χ2v) is 9.07. The summed E-state index contributed by atoms with van der Waals surface area (Å²) < 4.78 is 57.8. The average Bonchev–Trinajstić information content (AvgIpc) is 2.78. The monoisotopic (exact) mass is 509 g/mol. The minimum atomic E-state index is -4.53. The van der Waals surface area contributed by atoms with E-state index in [9.17, 15) is 22.4 Å². The molecule has 1 amide bonds. The number of hydrogen-bond donors (Lipinski definition) is 1. The summed E-state index contributed by atoms with van der Waals surface area (Å²) in [6.07, 6.45) is -0.782. The van der Waals surface area contributed by atoms with E-state index in [0.717, 1.165) is 23.9 Å². The third kappa shape index (κ3) is 7.14. The summed E-state index contributed by atoms with van der Waals surface area (Å²) in [5.41, 5.74) is -0.856. The third-order valence-corrected chi connectivity index (χ3v) is 5.71. The number of nitrogens with one attached hydrogen (secondary N) is 1. The van der Waals surface area contributed by atoms with Crippen LogP contribution in [0.15, 0.2) is 61.1 Å². The zero-order valence-electron chi connectivity index (χ0n) is 19.2. The average molecular weight is 510 g/mol. The van der Waals surface area contributed by atoms with Gasteiger partial charge >= 0.3 is 6.18 Å². The van der Waals surface area contributed by atoms with Gasteiger partial charge in [-0.2, -0.15) is 13.2 Å². The van der Waals surface area contributed by atoms with Gasteiger partial charge < -0.3 is 10.1 Å². The van der Waals surface area contributed by atoms with Crippen molar-refractivity contribution in [1.82, 2.24) is 15.3 Å². The van der Waals surface area contributed by atoms with E-state index in [0.29, 0.717) is 23.2 Å². The normalized spacial score (nSPS) is 13.7. The molecule has 0 saturated carbocycles. The second-order valence-electron chi connectivity index (χ2n) is 8.63. The Morgan fingerprint density at radius 3 is 2.34 bits per heavy atom. The maximum Gasteiger partial charge on any atom is 0.417 e. The Morgan fingerprint density at radius 2 is 1.77 bits per heavy atom. The van der Waals surface area contributed by atoms with Crippen LogP contribution in [0.25, 0.3) is 0 Å². The summed E-state index contributed by atoms with van der Waals surface area (Å²) in [4.78, 5) is 20.6. The lowest BCUT2D eigenvalue weighted by atomic mass is 9.87. The van der Waals surface area contributed by atoms with Gasteiger partial charge in [0.2, 0.25) is 5.88 Å². The van der Waals surface area contributed by atoms with Crippen LogP contribution in [0.5, 0.6) is 5.88 Å². The molecule has 0 aliphatic rings. The van der Waals surface area contributed by atoms with E-state index < -0.39 is 35.1 Å². The SMILES string of the molecule is CC(NC(=O)C(C)(C)Oc1ccc(C(F)(F)F)cn1)C(Cc1ccc(Cl)cc1)c1cncc(F)c1. The topological polar surface area (TPSA) is 64.1 Å². The molecule has 2 heterocycles. The van der Waals surface area contributed by atoms with Gasteiger partial charge in [-0.3, -0.25) is 9.78 Å². The summed E-state index contributed by atoms with van der Waals surface area (Å²) in [5, 5.41) is 3.46. The summed E-state index contributed by atoms with van der Waals surface area (Å²) in [5.74, 6) is -1.49. The highest BCUT2D eigenvalue weighted by molar-refractivity contribution is 6.30. The number of benzene rings is 1.